The minimum absolute atomic E-state index is 0.559. The summed E-state index contributed by atoms with van der Waals surface area (Å²) in [6.45, 7) is 3.74. The largest absolute Gasteiger partial charge is 0.494 e. The van der Waals surface area contributed by atoms with E-state index >= 15 is 0 Å². The molecule has 124 valence electrons. The standard InChI is InChI=1S/C19H23Cl2NO/c1-2-3-4-5-12-23-17-9-6-15(7-10-17)14-22-16-8-11-18(20)19(21)13-16/h6-11,13,22H,2-5,12,14H2,1H3. The molecule has 0 amide bonds. The SMILES string of the molecule is CCCCCCOc1ccc(CNc2ccc(Cl)c(Cl)c2)cc1. The summed E-state index contributed by atoms with van der Waals surface area (Å²) in [5.41, 5.74) is 2.14. The van der Waals surface area contributed by atoms with Crippen molar-refractivity contribution in [2.75, 3.05) is 11.9 Å². The first-order valence-electron chi connectivity index (χ1n) is 8.09. The third kappa shape index (κ3) is 6.32. The van der Waals surface area contributed by atoms with Crippen LogP contribution in [-0.4, -0.2) is 6.61 Å². The van der Waals surface area contributed by atoms with Gasteiger partial charge in [-0.25, -0.2) is 0 Å². The van der Waals surface area contributed by atoms with Crippen LogP contribution in [-0.2, 0) is 6.54 Å². The number of nitrogens with one attached hydrogen (secondary N) is 1. The van der Waals surface area contributed by atoms with Crippen LogP contribution >= 0.6 is 23.2 Å². The number of hydrogen-bond acceptors (Lipinski definition) is 2. The first-order chi connectivity index (χ1) is 11.2. The van der Waals surface area contributed by atoms with Crippen LogP contribution in [0.5, 0.6) is 5.75 Å². The van der Waals surface area contributed by atoms with Gasteiger partial charge in [0.05, 0.1) is 16.7 Å². The van der Waals surface area contributed by atoms with E-state index in [0.29, 0.717) is 10.0 Å². The zero-order valence-corrected chi connectivity index (χ0v) is 15.0. The Morgan fingerprint density at radius 2 is 1.70 bits per heavy atom. The summed E-state index contributed by atoms with van der Waals surface area (Å²) >= 11 is 11.9. The Morgan fingerprint density at radius 1 is 0.913 bits per heavy atom. The second kappa shape index (κ2) is 9.69. The summed E-state index contributed by atoms with van der Waals surface area (Å²) in [5, 5.41) is 4.46. The Balaban J connectivity index is 1.77. The van der Waals surface area contributed by atoms with Crippen LogP contribution in [0.15, 0.2) is 42.5 Å². The van der Waals surface area contributed by atoms with Crippen molar-refractivity contribution in [3.05, 3.63) is 58.1 Å². The lowest BCUT2D eigenvalue weighted by Gasteiger charge is -2.09. The van der Waals surface area contributed by atoms with Crippen molar-refractivity contribution >= 4 is 28.9 Å². The molecule has 2 aromatic carbocycles. The minimum Gasteiger partial charge on any atom is -0.494 e. The van der Waals surface area contributed by atoms with E-state index < -0.39 is 0 Å². The zero-order valence-electron chi connectivity index (χ0n) is 13.4. The fraction of sp³-hybridized carbons (Fsp3) is 0.368. The normalized spacial score (nSPS) is 10.6. The molecule has 0 aliphatic rings. The number of ether oxygens (including phenoxy) is 1. The van der Waals surface area contributed by atoms with Gasteiger partial charge >= 0.3 is 0 Å². The summed E-state index contributed by atoms with van der Waals surface area (Å²) < 4.78 is 5.75. The number of anilines is 1. The van der Waals surface area contributed by atoms with Gasteiger partial charge in [0.1, 0.15) is 5.75 Å². The lowest BCUT2D eigenvalue weighted by atomic mass is 10.2. The van der Waals surface area contributed by atoms with Crippen LogP contribution in [0.4, 0.5) is 5.69 Å². The average Bonchev–Trinajstić information content (AvgIpc) is 2.57. The van der Waals surface area contributed by atoms with E-state index in [0.717, 1.165) is 31.0 Å². The van der Waals surface area contributed by atoms with E-state index in [1.165, 1.54) is 24.8 Å². The molecule has 0 radical (unpaired) electrons. The van der Waals surface area contributed by atoms with Gasteiger partial charge in [-0.15, -0.1) is 0 Å². The molecule has 0 aliphatic heterocycles. The molecule has 0 unspecified atom stereocenters. The summed E-state index contributed by atoms with van der Waals surface area (Å²) in [7, 11) is 0. The van der Waals surface area contributed by atoms with Gasteiger partial charge in [-0.05, 0) is 42.3 Å². The van der Waals surface area contributed by atoms with Gasteiger partial charge in [0, 0.05) is 12.2 Å². The van der Waals surface area contributed by atoms with Crippen LogP contribution < -0.4 is 10.1 Å². The Bertz CT molecular complexity index is 599. The van der Waals surface area contributed by atoms with Crippen LogP contribution in [0, 0.1) is 0 Å². The molecular weight excluding hydrogens is 329 g/mol. The molecule has 2 nitrogen and oxygen atoms in total. The smallest absolute Gasteiger partial charge is 0.119 e. The van der Waals surface area contributed by atoms with Gasteiger partial charge in [0.2, 0.25) is 0 Å². The van der Waals surface area contributed by atoms with Crippen molar-refractivity contribution in [1.82, 2.24) is 0 Å². The molecule has 0 bridgehead atoms. The Labute approximate surface area is 148 Å². The molecule has 2 rings (SSSR count). The number of benzene rings is 2. The summed E-state index contributed by atoms with van der Waals surface area (Å²) in [6, 6.07) is 13.7. The Hall–Kier alpha value is -1.38. The molecule has 0 spiro atoms. The monoisotopic (exact) mass is 351 g/mol. The van der Waals surface area contributed by atoms with Crippen LogP contribution in [0.25, 0.3) is 0 Å². The molecule has 0 saturated heterocycles. The van der Waals surface area contributed by atoms with Crippen molar-refractivity contribution in [2.45, 2.75) is 39.2 Å². The second-order valence-electron chi connectivity index (χ2n) is 5.54. The van der Waals surface area contributed by atoms with Crippen molar-refractivity contribution in [1.29, 1.82) is 0 Å². The van der Waals surface area contributed by atoms with E-state index in [-0.39, 0.29) is 0 Å². The average molecular weight is 352 g/mol. The maximum atomic E-state index is 6.01. The predicted molar refractivity (Wildman–Crippen MR) is 99.9 cm³/mol. The molecule has 2 aromatic rings. The molecule has 1 N–H and O–H groups in total. The third-order valence-corrected chi connectivity index (χ3v) is 4.35. The van der Waals surface area contributed by atoms with Crippen molar-refractivity contribution in [3.8, 4) is 5.75 Å². The first-order valence-corrected chi connectivity index (χ1v) is 8.85. The Kier molecular flexibility index (Phi) is 7.57. The first kappa shape index (κ1) is 18.0. The third-order valence-electron chi connectivity index (χ3n) is 3.61. The predicted octanol–water partition coefficient (Wildman–Crippen LogP) is 6.56. The zero-order chi connectivity index (χ0) is 16.5. The fourth-order valence-electron chi connectivity index (χ4n) is 2.23. The lowest BCUT2D eigenvalue weighted by Crippen LogP contribution is -2.00. The lowest BCUT2D eigenvalue weighted by molar-refractivity contribution is 0.305. The molecule has 0 fully saturated rings. The van der Waals surface area contributed by atoms with E-state index in [2.05, 4.69) is 24.4 Å². The van der Waals surface area contributed by atoms with Gasteiger partial charge in [-0.2, -0.15) is 0 Å². The van der Waals surface area contributed by atoms with Crippen molar-refractivity contribution < 1.29 is 4.74 Å². The number of hydrogen-bond donors (Lipinski definition) is 1. The quantitative estimate of drug-likeness (QED) is 0.516. The topological polar surface area (TPSA) is 21.3 Å². The second-order valence-corrected chi connectivity index (χ2v) is 6.35. The number of rotatable bonds is 9. The molecule has 0 atom stereocenters. The molecule has 4 heteroatoms. The molecular formula is C19H23Cl2NO. The maximum Gasteiger partial charge on any atom is 0.119 e. The highest BCUT2D eigenvalue weighted by atomic mass is 35.5. The fourth-order valence-corrected chi connectivity index (χ4v) is 2.53. The van der Waals surface area contributed by atoms with Crippen LogP contribution in [0.3, 0.4) is 0 Å². The molecule has 0 aromatic heterocycles. The van der Waals surface area contributed by atoms with Crippen LogP contribution in [0.2, 0.25) is 10.0 Å². The Morgan fingerprint density at radius 3 is 2.39 bits per heavy atom. The van der Waals surface area contributed by atoms with Gasteiger partial charge in [-0.3, -0.25) is 0 Å². The highest BCUT2D eigenvalue weighted by molar-refractivity contribution is 6.42. The molecule has 0 aliphatic carbocycles. The van der Waals surface area contributed by atoms with Gasteiger partial charge in [-0.1, -0.05) is 61.5 Å². The van der Waals surface area contributed by atoms with E-state index in [4.69, 9.17) is 27.9 Å². The van der Waals surface area contributed by atoms with Crippen molar-refractivity contribution in [3.63, 3.8) is 0 Å². The highest BCUT2D eigenvalue weighted by Gasteiger charge is 2.00. The summed E-state index contributed by atoms with van der Waals surface area (Å²) in [6.07, 6.45) is 4.89. The van der Waals surface area contributed by atoms with Gasteiger partial charge in [0.25, 0.3) is 0 Å². The van der Waals surface area contributed by atoms with E-state index in [1.807, 2.05) is 24.3 Å². The van der Waals surface area contributed by atoms with Gasteiger partial charge in [0.15, 0.2) is 0 Å². The summed E-state index contributed by atoms with van der Waals surface area (Å²) in [4.78, 5) is 0. The highest BCUT2D eigenvalue weighted by Crippen LogP contribution is 2.25. The van der Waals surface area contributed by atoms with Gasteiger partial charge < -0.3 is 10.1 Å². The van der Waals surface area contributed by atoms with E-state index in [9.17, 15) is 0 Å². The van der Waals surface area contributed by atoms with Crippen molar-refractivity contribution in [2.24, 2.45) is 0 Å². The van der Waals surface area contributed by atoms with E-state index in [1.54, 1.807) is 6.07 Å². The summed E-state index contributed by atoms with van der Waals surface area (Å²) in [5.74, 6) is 0.930. The molecule has 0 heterocycles. The number of unbranched alkanes of at least 4 members (excludes halogenated alkanes) is 3. The maximum absolute atomic E-state index is 6.01. The molecule has 0 saturated carbocycles. The minimum atomic E-state index is 0.559. The number of halogens is 2. The molecule has 23 heavy (non-hydrogen) atoms. The van der Waals surface area contributed by atoms with Crippen LogP contribution in [0.1, 0.15) is 38.2 Å².